The van der Waals surface area contributed by atoms with Crippen LogP contribution in [0.1, 0.15) is 27.0 Å². The molecule has 1 amide bonds. The molecule has 0 unspecified atom stereocenters. The van der Waals surface area contributed by atoms with E-state index >= 15 is 0 Å². The number of amides is 1. The number of carbonyl (C=O) groups is 2. The van der Waals surface area contributed by atoms with Gasteiger partial charge in [-0.1, -0.05) is 18.5 Å². The summed E-state index contributed by atoms with van der Waals surface area (Å²) in [4.78, 5) is 25.5. The molecule has 24 heavy (non-hydrogen) atoms. The second kappa shape index (κ2) is 8.17. The molecule has 0 atom stereocenters. The highest BCUT2D eigenvalue weighted by molar-refractivity contribution is 7.14. The number of hydrogen-bond donors (Lipinski definition) is 1. The number of hydrogen-bond acceptors (Lipinski definition) is 5. The molecule has 1 N–H and O–H groups in total. The van der Waals surface area contributed by atoms with Gasteiger partial charge in [-0.25, -0.2) is 4.79 Å². The highest BCUT2D eigenvalue weighted by atomic mass is 35.5. The molecule has 1 aromatic carbocycles. The number of aryl methyl sites for hydroxylation is 2. The maximum Gasteiger partial charge on any atom is 0.348 e. The van der Waals surface area contributed by atoms with Crippen LogP contribution in [0.25, 0.3) is 0 Å². The summed E-state index contributed by atoms with van der Waals surface area (Å²) in [5, 5.41) is 3.00. The molecule has 128 valence electrons. The van der Waals surface area contributed by atoms with Gasteiger partial charge >= 0.3 is 5.97 Å². The largest absolute Gasteiger partial charge is 0.495 e. The number of esters is 1. The SMILES string of the molecule is CCc1cc(C(=O)OCC(=O)Nc2ccc(OC)c(Cl)c2)sc1C. The summed E-state index contributed by atoms with van der Waals surface area (Å²) in [5.41, 5.74) is 1.62. The molecule has 2 aromatic rings. The van der Waals surface area contributed by atoms with Crippen molar-refractivity contribution in [2.24, 2.45) is 0 Å². The standard InChI is InChI=1S/C17H18ClNO4S/c1-4-11-7-15(24-10(11)2)17(21)23-9-16(20)19-12-5-6-14(22-3)13(18)8-12/h5-8H,4,9H2,1-3H3,(H,19,20). The van der Waals surface area contributed by atoms with Gasteiger partial charge in [0.05, 0.1) is 12.1 Å². The molecule has 7 heteroatoms. The van der Waals surface area contributed by atoms with Gasteiger partial charge in [0, 0.05) is 10.6 Å². The first kappa shape index (κ1) is 18.3. The fourth-order valence-electron chi connectivity index (χ4n) is 2.11. The zero-order valence-corrected chi connectivity index (χ0v) is 15.2. The molecule has 0 fully saturated rings. The van der Waals surface area contributed by atoms with Crippen molar-refractivity contribution < 1.29 is 19.1 Å². The Labute approximate surface area is 149 Å². The number of ether oxygens (including phenoxy) is 2. The first-order chi connectivity index (χ1) is 11.4. The molecular formula is C17H18ClNO4S. The summed E-state index contributed by atoms with van der Waals surface area (Å²) in [7, 11) is 1.51. The predicted molar refractivity (Wildman–Crippen MR) is 95.4 cm³/mol. The van der Waals surface area contributed by atoms with E-state index in [0.29, 0.717) is 21.3 Å². The molecule has 0 aliphatic heterocycles. The fourth-order valence-corrected chi connectivity index (χ4v) is 3.38. The number of methoxy groups -OCH3 is 1. The number of benzene rings is 1. The van der Waals surface area contributed by atoms with E-state index in [2.05, 4.69) is 5.32 Å². The molecule has 1 aromatic heterocycles. The van der Waals surface area contributed by atoms with E-state index in [0.717, 1.165) is 16.9 Å². The Morgan fingerprint density at radius 3 is 2.62 bits per heavy atom. The van der Waals surface area contributed by atoms with Crippen LogP contribution in [-0.2, 0) is 16.0 Å². The number of rotatable bonds is 6. The monoisotopic (exact) mass is 367 g/mol. The summed E-state index contributed by atoms with van der Waals surface area (Å²) in [6.07, 6.45) is 0.855. The minimum Gasteiger partial charge on any atom is -0.495 e. The number of halogens is 1. The number of anilines is 1. The van der Waals surface area contributed by atoms with Crippen molar-refractivity contribution in [1.82, 2.24) is 0 Å². The molecule has 0 saturated heterocycles. The third kappa shape index (κ3) is 4.49. The third-order valence-corrected chi connectivity index (χ3v) is 4.74. The molecule has 2 rings (SSSR count). The maximum absolute atomic E-state index is 12.0. The van der Waals surface area contributed by atoms with Crippen molar-refractivity contribution in [2.45, 2.75) is 20.3 Å². The number of nitrogens with one attached hydrogen (secondary N) is 1. The molecule has 0 bridgehead atoms. The lowest BCUT2D eigenvalue weighted by Gasteiger charge is -2.08. The van der Waals surface area contributed by atoms with Crippen LogP contribution >= 0.6 is 22.9 Å². The maximum atomic E-state index is 12.0. The molecule has 0 aliphatic carbocycles. The van der Waals surface area contributed by atoms with Crippen LogP contribution in [0.3, 0.4) is 0 Å². The van der Waals surface area contributed by atoms with Gasteiger partial charge in [0.15, 0.2) is 6.61 Å². The number of thiophene rings is 1. The van der Waals surface area contributed by atoms with Crippen molar-refractivity contribution in [2.75, 3.05) is 19.0 Å². The van der Waals surface area contributed by atoms with E-state index < -0.39 is 11.9 Å². The molecule has 5 nitrogen and oxygen atoms in total. The molecular weight excluding hydrogens is 350 g/mol. The second-order valence-corrected chi connectivity index (χ2v) is 6.68. The summed E-state index contributed by atoms with van der Waals surface area (Å²) in [6, 6.07) is 6.67. The average Bonchev–Trinajstić information content (AvgIpc) is 2.94. The molecule has 0 radical (unpaired) electrons. The normalized spacial score (nSPS) is 10.3. The van der Waals surface area contributed by atoms with Crippen molar-refractivity contribution in [3.63, 3.8) is 0 Å². The highest BCUT2D eigenvalue weighted by Crippen LogP contribution is 2.27. The van der Waals surface area contributed by atoms with E-state index in [9.17, 15) is 9.59 Å². The average molecular weight is 368 g/mol. The van der Waals surface area contributed by atoms with Crippen LogP contribution in [-0.4, -0.2) is 25.6 Å². The van der Waals surface area contributed by atoms with Gasteiger partial charge in [0.2, 0.25) is 0 Å². The van der Waals surface area contributed by atoms with Gasteiger partial charge < -0.3 is 14.8 Å². The molecule has 0 saturated carbocycles. The lowest BCUT2D eigenvalue weighted by atomic mass is 10.2. The lowest BCUT2D eigenvalue weighted by molar-refractivity contribution is -0.119. The highest BCUT2D eigenvalue weighted by Gasteiger charge is 2.15. The van der Waals surface area contributed by atoms with Crippen LogP contribution in [0.2, 0.25) is 5.02 Å². The van der Waals surface area contributed by atoms with Crippen LogP contribution in [0, 0.1) is 6.92 Å². The molecule has 1 heterocycles. The number of carbonyl (C=O) groups excluding carboxylic acids is 2. The Morgan fingerprint density at radius 1 is 1.29 bits per heavy atom. The topological polar surface area (TPSA) is 64.6 Å². The van der Waals surface area contributed by atoms with Crippen LogP contribution < -0.4 is 10.1 Å². The quantitative estimate of drug-likeness (QED) is 0.781. The second-order valence-electron chi connectivity index (χ2n) is 5.02. The summed E-state index contributed by atoms with van der Waals surface area (Å²) in [5.74, 6) is -0.417. The van der Waals surface area contributed by atoms with Gasteiger partial charge in [0.1, 0.15) is 10.6 Å². The fraction of sp³-hybridized carbons (Fsp3) is 0.294. The minimum absolute atomic E-state index is 0.360. The van der Waals surface area contributed by atoms with E-state index in [4.69, 9.17) is 21.1 Å². The summed E-state index contributed by atoms with van der Waals surface area (Å²) in [6.45, 7) is 3.62. The minimum atomic E-state index is -0.495. The van der Waals surface area contributed by atoms with Gasteiger partial charge in [-0.15, -0.1) is 11.3 Å². The molecule has 0 aliphatic rings. The van der Waals surface area contributed by atoms with Crippen LogP contribution in [0.5, 0.6) is 5.75 Å². The van der Waals surface area contributed by atoms with Gasteiger partial charge in [0.25, 0.3) is 5.91 Å². The van der Waals surface area contributed by atoms with E-state index in [1.54, 1.807) is 18.2 Å². The Bertz CT molecular complexity index is 757. The van der Waals surface area contributed by atoms with Crippen molar-refractivity contribution in [1.29, 1.82) is 0 Å². The summed E-state index contributed by atoms with van der Waals surface area (Å²) >= 11 is 7.36. The Kier molecular flexibility index (Phi) is 6.23. The van der Waals surface area contributed by atoms with Gasteiger partial charge in [-0.3, -0.25) is 4.79 Å². The van der Waals surface area contributed by atoms with E-state index in [-0.39, 0.29) is 6.61 Å². The lowest BCUT2D eigenvalue weighted by Crippen LogP contribution is -2.20. The first-order valence-corrected chi connectivity index (χ1v) is 8.53. The van der Waals surface area contributed by atoms with E-state index in [1.165, 1.54) is 18.4 Å². The van der Waals surface area contributed by atoms with Gasteiger partial charge in [-0.2, -0.15) is 0 Å². The smallest absolute Gasteiger partial charge is 0.348 e. The first-order valence-electron chi connectivity index (χ1n) is 7.34. The Balaban J connectivity index is 1.90. The van der Waals surface area contributed by atoms with Gasteiger partial charge in [-0.05, 0) is 43.2 Å². The predicted octanol–water partition coefficient (Wildman–Crippen LogP) is 4.08. The van der Waals surface area contributed by atoms with Crippen molar-refractivity contribution >= 4 is 40.5 Å². The Morgan fingerprint density at radius 2 is 2.04 bits per heavy atom. The summed E-state index contributed by atoms with van der Waals surface area (Å²) < 4.78 is 10.1. The zero-order valence-electron chi connectivity index (χ0n) is 13.6. The molecule has 0 spiro atoms. The third-order valence-electron chi connectivity index (χ3n) is 3.37. The zero-order chi connectivity index (χ0) is 17.7. The van der Waals surface area contributed by atoms with Crippen LogP contribution in [0.4, 0.5) is 5.69 Å². The van der Waals surface area contributed by atoms with Crippen molar-refractivity contribution in [3.05, 3.63) is 44.6 Å². The Hall–Kier alpha value is -2.05. The van der Waals surface area contributed by atoms with E-state index in [1.807, 2.05) is 19.9 Å². The van der Waals surface area contributed by atoms with Crippen LogP contribution in [0.15, 0.2) is 24.3 Å². The van der Waals surface area contributed by atoms with Crippen molar-refractivity contribution in [3.8, 4) is 5.75 Å².